The third-order valence-electron chi connectivity index (χ3n) is 13.6. The molecule has 0 aliphatic heterocycles. The van der Waals surface area contributed by atoms with Crippen molar-refractivity contribution in [3.8, 4) is 67.5 Å². The van der Waals surface area contributed by atoms with Crippen molar-refractivity contribution in [1.82, 2.24) is 64.9 Å². The minimum atomic E-state index is -0.332. The third kappa shape index (κ3) is 9.00. The Balaban J connectivity index is 0.830. The molecule has 0 fully saturated rings. The number of aryl methyl sites for hydroxylation is 3. The van der Waals surface area contributed by atoms with Crippen molar-refractivity contribution >= 4 is 44.1 Å². The van der Waals surface area contributed by atoms with Crippen LogP contribution in [0.15, 0.2) is 140 Å². The number of imidazole rings is 2. The molecule has 0 bridgehead atoms. The molecule has 0 saturated carbocycles. The van der Waals surface area contributed by atoms with Crippen molar-refractivity contribution in [2.24, 2.45) is 0 Å². The van der Waals surface area contributed by atoms with Gasteiger partial charge in [0.2, 0.25) is 0 Å². The van der Waals surface area contributed by atoms with Crippen molar-refractivity contribution in [3.63, 3.8) is 0 Å². The standard InChI is InChI=1S/C58H50F2N14/c1-34-23-42(33-62-32-34)39-10-12-50-48(31-39)54(58-66-52-46(16-20-64-56(52)68-58)40-24-35(26-43(59)28-40)7-5-21-72(2)3)71-74(50)73(4)22-6-8-36-25-41(29-44(60)27-36)45-15-19-63-55-51(45)65-57(67-55)53-47-30-38(9-11-49(47)69-70-53)37-13-17-61-18-14-37/h9-20,23-33H,5-8,21-22H2,1-4H3,(H,69,70)(H,63,65,67)(H,64,66,68). The van der Waals surface area contributed by atoms with Crippen molar-refractivity contribution < 1.29 is 8.78 Å². The van der Waals surface area contributed by atoms with Gasteiger partial charge in [-0.25, -0.2) is 28.7 Å². The molecule has 0 spiro atoms. The zero-order valence-corrected chi connectivity index (χ0v) is 41.2. The van der Waals surface area contributed by atoms with Crippen molar-refractivity contribution in [2.45, 2.75) is 32.6 Å². The van der Waals surface area contributed by atoms with Crippen LogP contribution >= 0.6 is 0 Å². The normalized spacial score (nSPS) is 11.8. The predicted octanol–water partition coefficient (Wildman–Crippen LogP) is 11.5. The first-order valence-electron chi connectivity index (χ1n) is 24.6. The lowest BCUT2D eigenvalue weighted by molar-refractivity contribution is 0.400. The second-order valence-electron chi connectivity index (χ2n) is 19.2. The van der Waals surface area contributed by atoms with Crippen LogP contribution in [0.5, 0.6) is 0 Å². The number of rotatable bonds is 15. The van der Waals surface area contributed by atoms with Crippen LogP contribution in [0.25, 0.3) is 112 Å². The van der Waals surface area contributed by atoms with Crippen molar-refractivity contribution in [2.75, 3.05) is 39.2 Å². The first-order valence-corrected chi connectivity index (χ1v) is 24.6. The maximum Gasteiger partial charge on any atom is 0.178 e. The van der Waals surface area contributed by atoms with Crippen molar-refractivity contribution in [1.29, 1.82) is 0 Å². The highest BCUT2D eigenvalue weighted by molar-refractivity contribution is 5.99. The lowest BCUT2D eigenvalue weighted by atomic mass is 10.0. The average Bonchev–Trinajstić information content (AvgIpc) is 4.22. The molecule has 74 heavy (non-hydrogen) atoms. The molecule has 0 aliphatic carbocycles. The smallest absolute Gasteiger partial charge is 0.178 e. The topological polar surface area (TPSA) is 162 Å². The first kappa shape index (κ1) is 46.1. The van der Waals surface area contributed by atoms with E-state index in [1.54, 1.807) is 49.1 Å². The van der Waals surface area contributed by atoms with Gasteiger partial charge in [-0.15, -0.1) is 5.10 Å². The number of nitrogens with one attached hydrogen (secondary N) is 3. The Bertz CT molecular complexity index is 4040. The summed E-state index contributed by atoms with van der Waals surface area (Å²) in [5, 5.41) is 16.8. The Kier molecular flexibility index (Phi) is 12.0. The summed E-state index contributed by atoms with van der Waals surface area (Å²) in [6, 6.07) is 32.6. The van der Waals surface area contributed by atoms with Gasteiger partial charge in [0.1, 0.15) is 23.0 Å². The van der Waals surface area contributed by atoms with Crippen LogP contribution in [-0.2, 0) is 12.8 Å². The van der Waals surface area contributed by atoms with Crippen LogP contribution in [0.4, 0.5) is 8.78 Å². The van der Waals surface area contributed by atoms with E-state index in [-0.39, 0.29) is 11.6 Å². The number of benzene rings is 4. The molecule has 16 heteroatoms. The zero-order valence-electron chi connectivity index (χ0n) is 41.2. The zero-order chi connectivity index (χ0) is 50.5. The number of pyridine rings is 4. The lowest BCUT2D eigenvalue weighted by Crippen LogP contribution is -2.32. The molecule has 366 valence electrons. The molecule has 14 nitrogen and oxygen atoms in total. The molecule has 8 heterocycles. The van der Waals surface area contributed by atoms with E-state index in [0.29, 0.717) is 70.3 Å². The highest BCUT2D eigenvalue weighted by Gasteiger charge is 2.22. The molecular weight excluding hydrogens is 931 g/mol. The summed E-state index contributed by atoms with van der Waals surface area (Å²) in [6.07, 6.45) is 13.6. The Morgan fingerprint density at radius 2 is 1.18 bits per heavy atom. The summed E-state index contributed by atoms with van der Waals surface area (Å²) >= 11 is 0. The Morgan fingerprint density at radius 3 is 1.84 bits per heavy atom. The van der Waals surface area contributed by atoms with Gasteiger partial charge in [0.25, 0.3) is 0 Å². The van der Waals surface area contributed by atoms with E-state index >= 15 is 8.78 Å². The number of fused-ring (bicyclic) bond motifs is 4. The average molecular weight is 981 g/mol. The van der Waals surface area contributed by atoms with E-state index < -0.39 is 0 Å². The van der Waals surface area contributed by atoms with Gasteiger partial charge in [-0.3, -0.25) is 20.1 Å². The molecule has 3 N–H and O–H groups in total. The summed E-state index contributed by atoms with van der Waals surface area (Å²) in [7, 11) is 6.08. The fourth-order valence-corrected chi connectivity index (χ4v) is 9.98. The molecule has 4 aromatic carbocycles. The first-order chi connectivity index (χ1) is 36.1. The van der Waals surface area contributed by atoms with E-state index in [1.807, 2.05) is 87.7 Å². The van der Waals surface area contributed by atoms with Gasteiger partial charge in [-0.2, -0.15) is 9.89 Å². The molecule has 0 aliphatic rings. The Morgan fingerprint density at radius 1 is 0.554 bits per heavy atom. The van der Waals surface area contributed by atoms with Gasteiger partial charge in [0.15, 0.2) is 22.9 Å². The summed E-state index contributed by atoms with van der Waals surface area (Å²) in [6.45, 7) is 3.53. The van der Waals surface area contributed by atoms with E-state index in [0.717, 1.165) is 96.8 Å². The Hall–Kier alpha value is -9.02. The van der Waals surface area contributed by atoms with Gasteiger partial charge >= 0.3 is 0 Å². The Labute approximate surface area is 424 Å². The largest absolute Gasteiger partial charge is 0.335 e. The van der Waals surface area contributed by atoms with Crippen LogP contribution in [-0.4, -0.2) is 99.1 Å². The van der Waals surface area contributed by atoms with Crippen molar-refractivity contribution in [3.05, 3.63) is 169 Å². The molecule has 0 unspecified atom stereocenters. The SMILES string of the molecule is Cc1cncc(-c2ccc3c(c2)c(-c2nc4nccc(-c5cc(F)cc(CCCN(C)C)c5)c4[nH]2)nn3N(C)CCCc2cc(F)cc(-c3ccnc4nc(-c5n[nH]c6ccc(-c7ccncc7)cc56)[nH]c34)c2)c1. The molecule has 0 saturated heterocycles. The van der Waals surface area contributed by atoms with Gasteiger partial charge in [0, 0.05) is 78.2 Å². The number of nitrogens with zero attached hydrogens (tertiary/aromatic N) is 11. The molecule has 8 aromatic heterocycles. The molecule has 12 aromatic rings. The molecule has 12 rings (SSSR count). The maximum atomic E-state index is 15.6. The summed E-state index contributed by atoms with van der Waals surface area (Å²) in [5.41, 5.74) is 15.4. The highest BCUT2D eigenvalue weighted by atomic mass is 19.1. The van der Waals surface area contributed by atoms with Crippen LogP contribution in [0.2, 0.25) is 0 Å². The number of hydrogen-bond acceptors (Lipinski definition) is 10. The van der Waals surface area contributed by atoms with Crippen LogP contribution in [0.3, 0.4) is 0 Å². The van der Waals surface area contributed by atoms with Crippen LogP contribution in [0.1, 0.15) is 29.5 Å². The number of aromatic amines is 3. The number of H-pyrrole nitrogens is 3. The maximum absolute atomic E-state index is 15.6. The second kappa shape index (κ2) is 19.2. The quantitative estimate of drug-likeness (QED) is 0.0901. The van der Waals surface area contributed by atoms with E-state index in [2.05, 4.69) is 86.4 Å². The van der Waals surface area contributed by atoms with Crippen LogP contribution in [0, 0.1) is 18.6 Å². The van der Waals surface area contributed by atoms with Gasteiger partial charge in [-0.05, 0) is 177 Å². The summed E-state index contributed by atoms with van der Waals surface area (Å²) < 4.78 is 30.8. The lowest BCUT2D eigenvalue weighted by Gasteiger charge is -2.20. The van der Waals surface area contributed by atoms with E-state index in [4.69, 9.17) is 15.1 Å². The predicted molar refractivity (Wildman–Crippen MR) is 288 cm³/mol. The van der Waals surface area contributed by atoms with Gasteiger partial charge in [0.05, 0.1) is 22.1 Å². The van der Waals surface area contributed by atoms with Gasteiger partial charge < -0.3 is 14.9 Å². The fourth-order valence-electron chi connectivity index (χ4n) is 9.98. The minimum Gasteiger partial charge on any atom is -0.335 e. The monoisotopic (exact) mass is 980 g/mol. The molecule has 0 amide bonds. The molecular formula is C58H50F2N14. The highest BCUT2D eigenvalue weighted by Crippen LogP contribution is 2.36. The van der Waals surface area contributed by atoms with Crippen LogP contribution < -0.4 is 5.01 Å². The number of hydrogen-bond donors (Lipinski definition) is 3. The van der Waals surface area contributed by atoms with Gasteiger partial charge in [-0.1, -0.05) is 24.3 Å². The summed E-state index contributed by atoms with van der Waals surface area (Å²) in [5.74, 6) is 0.475. The minimum absolute atomic E-state index is 0.286. The fraction of sp³-hybridized carbons (Fsp3) is 0.172. The summed E-state index contributed by atoms with van der Waals surface area (Å²) in [4.78, 5) is 38.8. The number of aromatic nitrogens is 12. The molecule has 0 atom stereocenters. The second-order valence-corrected chi connectivity index (χ2v) is 19.2. The van der Waals surface area contributed by atoms with E-state index in [9.17, 15) is 0 Å². The molecule has 0 radical (unpaired) electrons. The number of halogens is 2. The van der Waals surface area contributed by atoms with E-state index in [1.165, 1.54) is 0 Å². The third-order valence-corrected chi connectivity index (χ3v) is 13.6.